The van der Waals surface area contributed by atoms with Gasteiger partial charge in [-0.2, -0.15) is 0 Å². The first-order valence-electron chi connectivity index (χ1n) is 8.55. The van der Waals surface area contributed by atoms with Crippen LogP contribution in [-0.4, -0.2) is 21.8 Å². The highest BCUT2D eigenvalue weighted by molar-refractivity contribution is 6.42. The van der Waals surface area contributed by atoms with Crippen molar-refractivity contribution in [1.29, 1.82) is 0 Å². The number of nitrogens with zero attached hydrogens (tertiary/aromatic N) is 2. The van der Waals surface area contributed by atoms with Crippen LogP contribution in [0.25, 0.3) is 0 Å². The summed E-state index contributed by atoms with van der Waals surface area (Å²) in [5.41, 5.74) is 13.4. The van der Waals surface area contributed by atoms with E-state index in [0.29, 0.717) is 34.3 Å². The van der Waals surface area contributed by atoms with Crippen molar-refractivity contribution < 1.29 is 9.59 Å². The van der Waals surface area contributed by atoms with Gasteiger partial charge in [0, 0.05) is 18.5 Å². The number of nitrogens with two attached hydrogens (primary N) is 2. The number of amides is 2. The van der Waals surface area contributed by atoms with E-state index in [1.54, 1.807) is 36.4 Å². The maximum atomic E-state index is 12.5. The van der Waals surface area contributed by atoms with Crippen molar-refractivity contribution in [2.24, 2.45) is 5.73 Å². The molecule has 0 aliphatic rings. The Balaban J connectivity index is 1.70. The molecule has 1 heterocycles. The molecular formula is C20H17Cl2N5O2. The molecule has 2 amide bonds. The first-order chi connectivity index (χ1) is 13.8. The molecule has 148 valence electrons. The van der Waals surface area contributed by atoms with Gasteiger partial charge in [-0.15, -0.1) is 0 Å². The summed E-state index contributed by atoms with van der Waals surface area (Å²) < 4.78 is 0. The number of halogens is 2. The maximum Gasteiger partial charge on any atom is 0.271 e. The minimum atomic E-state index is -0.743. The normalized spacial score (nSPS) is 10.6. The van der Waals surface area contributed by atoms with E-state index in [-0.39, 0.29) is 17.4 Å². The molecule has 0 aliphatic carbocycles. The molecule has 1 aromatic heterocycles. The van der Waals surface area contributed by atoms with Crippen LogP contribution in [0.3, 0.4) is 0 Å². The smallest absolute Gasteiger partial charge is 0.271 e. The van der Waals surface area contributed by atoms with Gasteiger partial charge in [0.15, 0.2) is 11.5 Å². The van der Waals surface area contributed by atoms with Gasteiger partial charge in [-0.05, 0) is 35.4 Å². The highest BCUT2D eigenvalue weighted by Gasteiger charge is 2.12. The van der Waals surface area contributed by atoms with Gasteiger partial charge in [-0.1, -0.05) is 41.4 Å². The Bertz CT molecular complexity index is 1090. The molecule has 0 saturated carbocycles. The third-order valence-corrected chi connectivity index (χ3v) is 4.83. The van der Waals surface area contributed by atoms with Crippen molar-refractivity contribution in [3.8, 4) is 0 Å². The van der Waals surface area contributed by atoms with Crippen molar-refractivity contribution in [1.82, 2.24) is 15.3 Å². The van der Waals surface area contributed by atoms with Gasteiger partial charge in [0.05, 0.1) is 21.9 Å². The Hall–Kier alpha value is -3.16. The van der Waals surface area contributed by atoms with E-state index in [9.17, 15) is 9.59 Å². The van der Waals surface area contributed by atoms with Crippen molar-refractivity contribution in [2.75, 3.05) is 5.73 Å². The summed E-state index contributed by atoms with van der Waals surface area (Å²) in [6.45, 7) is 0.311. The van der Waals surface area contributed by atoms with E-state index in [2.05, 4.69) is 15.3 Å². The fourth-order valence-electron chi connectivity index (χ4n) is 2.67. The zero-order valence-electron chi connectivity index (χ0n) is 15.2. The molecule has 3 rings (SSSR count). The number of rotatable bonds is 6. The summed E-state index contributed by atoms with van der Waals surface area (Å²) in [4.78, 5) is 31.9. The van der Waals surface area contributed by atoms with Crippen LogP contribution < -0.4 is 16.8 Å². The van der Waals surface area contributed by atoms with Gasteiger partial charge in [-0.3, -0.25) is 9.59 Å². The Morgan fingerprint density at radius 3 is 2.55 bits per heavy atom. The number of hydrogen-bond acceptors (Lipinski definition) is 5. The van der Waals surface area contributed by atoms with Crippen LogP contribution in [0.15, 0.2) is 48.7 Å². The number of nitrogen functional groups attached to an aromatic ring is 1. The quantitative estimate of drug-likeness (QED) is 0.555. The second-order valence-corrected chi connectivity index (χ2v) is 7.08. The Kier molecular flexibility index (Phi) is 6.31. The SMILES string of the molecule is NC(=O)c1nc(Cc2cccc(C(=O)NCc3ccc(Cl)c(Cl)c3)c2)cnc1N. The van der Waals surface area contributed by atoms with Crippen molar-refractivity contribution in [3.05, 3.63) is 86.8 Å². The zero-order chi connectivity index (χ0) is 21.0. The number of carbonyl (C=O) groups is 2. The topological polar surface area (TPSA) is 124 Å². The number of benzene rings is 2. The van der Waals surface area contributed by atoms with Crippen LogP contribution in [0.1, 0.15) is 37.7 Å². The molecule has 5 N–H and O–H groups in total. The van der Waals surface area contributed by atoms with Crippen molar-refractivity contribution in [2.45, 2.75) is 13.0 Å². The Morgan fingerprint density at radius 1 is 1.03 bits per heavy atom. The molecule has 0 radical (unpaired) electrons. The van der Waals surface area contributed by atoms with Gasteiger partial charge in [0.25, 0.3) is 11.8 Å². The van der Waals surface area contributed by atoms with Crippen molar-refractivity contribution in [3.63, 3.8) is 0 Å². The minimum Gasteiger partial charge on any atom is -0.382 e. The Labute approximate surface area is 177 Å². The molecule has 9 heteroatoms. The average molecular weight is 430 g/mol. The third kappa shape index (κ3) is 5.22. The van der Waals surface area contributed by atoms with E-state index in [1.807, 2.05) is 6.07 Å². The van der Waals surface area contributed by atoms with Gasteiger partial charge in [0.1, 0.15) is 0 Å². The lowest BCUT2D eigenvalue weighted by Gasteiger charge is -2.09. The predicted octanol–water partition coefficient (Wildman–Crippen LogP) is 2.99. The molecule has 0 fully saturated rings. The molecule has 0 bridgehead atoms. The van der Waals surface area contributed by atoms with Crippen LogP contribution in [0, 0.1) is 0 Å². The lowest BCUT2D eigenvalue weighted by molar-refractivity contribution is 0.0949. The van der Waals surface area contributed by atoms with E-state index < -0.39 is 5.91 Å². The number of aromatic nitrogens is 2. The van der Waals surface area contributed by atoms with E-state index in [4.69, 9.17) is 34.7 Å². The second kappa shape index (κ2) is 8.89. The minimum absolute atomic E-state index is 0.0170. The highest BCUT2D eigenvalue weighted by atomic mass is 35.5. The number of carbonyl (C=O) groups excluding carboxylic acids is 2. The molecule has 0 aliphatic heterocycles. The summed E-state index contributed by atoms with van der Waals surface area (Å²) in [5.74, 6) is -0.997. The molecule has 0 saturated heterocycles. The van der Waals surface area contributed by atoms with Crippen molar-refractivity contribution >= 4 is 40.8 Å². The summed E-state index contributed by atoms with van der Waals surface area (Å²) in [6, 6.07) is 12.2. The lowest BCUT2D eigenvalue weighted by atomic mass is 10.1. The summed E-state index contributed by atoms with van der Waals surface area (Å²) in [6.07, 6.45) is 1.83. The van der Waals surface area contributed by atoms with Gasteiger partial charge >= 0.3 is 0 Å². The molecule has 29 heavy (non-hydrogen) atoms. The molecule has 0 atom stereocenters. The summed E-state index contributed by atoms with van der Waals surface area (Å²) in [7, 11) is 0. The lowest BCUT2D eigenvalue weighted by Crippen LogP contribution is -2.22. The molecule has 3 aromatic rings. The molecular weight excluding hydrogens is 413 g/mol. The molecule has 0 spiro atoms. The van der Waals surface area contributed by atoms with Crippen LogP contribution in [0.2, 0.25) is 10.0 Å². The number of hydrogen-bond donors (Lipinski definition) is 3. The van der Waals surface area contributed by atoms with E-state index in [0.717, 1.165) is 11.1 Å². The molecule has 0 unspecified atom stereocenters. The largest absolute Gasteiger partial charge is 0.382 e. The first kappa shape index (κ1) is 20.6. The van der Waals surface area contributed by atoms with E-state index in [1.165, 1.54) is 6.20 Å². The zero-order valence-corrected chi connectivity index (χ0v) is 16.7. The van der Waals surface area contributed by atoms with Crippen LogP contribution in [0.4, 0.5) is 5.82 Å². The van der Waals surface area contributed by atoms with E-state index >= 15 is 0 Å². The predicted molar refractivity (Wildman–Crippen MR) is 112 cm³/mol. The van der Waals surface area contributed by atoms with Gasteiger partial charge in [-0.25, -0.2) is 9.97 Å². The Morgan fingerprint density at radius 2 is 1.83 bits per heavy atom. The average Bonchev–Trinajstić information content (AvgIpc) is 2.70. The number of anilines is 1. The first-order valence-corrected chi connectivity index (χ1v) is 9.31. The molecule has 2 aromatic carbocycles. The fourth-order valence-corrected chi connectivity index (χ4v) is 2.99. The summed E-state index contributed by atoms with van der Waals surface area (Å²) >= 11 is 11.9. The monoisotopic (exact) mass is 429 g/mol. The maximum absolute atomic E-state index is 12.5. The fraction of sp³-hybridized carbons (Fsp3) is 0.100. The molecule has 7 nitrogen and oxygen atoms in total. The van der Waals surface area contributed by atoms with Crippen LogP contribution >= 0.6 is 23.2 Å². The number of primary amides is 1. The second-order valence-electron chi connectivity index (χ2n) is 6.27. The third-order valence-electron chi connectivity index (χ3n) is 4.10. The standard InChI is InChI=1S/C20H17Cl2N5O2/c21-15-5-4-12(8-16(15)22)9-26-20(29)13-3-1-2-11(6-13)7-14-10-25-18(23)17(27-14)19(24)28/h1-6,8,10H,7,9H2,(H2,23,25)(H2,24,28)(H,26,29). The van der Waals surface area contributed by atoms with Gasteiger partial charge < -0.3 is 16.8 Å². The highest BCUT2D eigenvalue weighted by Crippen LogP contribution is 2.22. The summed E-state index contributed by atoms with van der Waals surface area (Å²) in [5, 5.41) is 3.73. The number of nitrogens with one attached hydrogen (secondary N) is 1. The van der Waals surface area contributed by atoms with Crippen LogP contribution in [-0.2, 0) is 13.0 Å². The van der Waals surface area contributed by atoms with Crippen LogP contribution in [0.5, 0.6) is 0 Å². The van der Waals surface area contributed by atoms with Gasteiger partial charge in [0.2, 0.25) is 0 Å².